The van der Waals surface area contributed by atoms with E-state index in [4.69, 9.17) is 4.63 Å². The third kappa shape index (κ3) is 4.98. The Labute approximate surface area is 177 Å². The summed E-state index contributed by atoms with van der Waals surface area (Å²) in [5.41, 5.74) is 3.12. The molecule has 0 unspecified atom stereocenters. The fourth-order valence-electron chi connectivity index (χ4n) is 4.25. The second-order valence-corrected chi connectivity index (χ2v) is 8.74. The van der Waals surface area contributed by atoms with Crippen molar-refractivity contribution in [3.05, 3.63) is 44.6 Å². The number of carbonyl (C=O) groups is 1. The van der Waals surface area contributed by atoms with Crippen LogP contribution in [0.15, 0.2) is 15.5 Å². The highest BCUT2D eigenvalue weighted by molar-refractivity contribution is 5.95. The molecule has 2 aromatic rings. The van der Waals surface area contributed by atoms with Gasteiger partial charge in [0.15, 0.2) is 5.43 Å². The summed E-state index contributed by atoms with van der Waals surface area (Å²) in [6.45, 7) is 5.58. The van der Waals surface area contributed by atoms with Gasteiger partial charge in [0.1, 0.15) is 17.0 Å². The first-order valence-electron chi connectivity index (χ1n) is 10.7. The molecule has 0 aromatic carbocycles. The van der Waals surface area contributed by atoms with E-state index in [0.717, 1.165) is 43.7 Å². The molecule has 2 heterocycles. The molecule has 8 nitrogen and oxygen atoms in total. The number of carbonyl (C=O) groups excluding carboxylic acids is 1. The average molecular weight is 416 g/mol. The van der Waals surface area contributed by atoms with E-state index in [-0.39, 0.29) is 17.9 Å². The fraction of sp³-hybridized carbons (Fsp3) is 0.636. The fourth-order valence-corrected chi connectivity index (χ4v) is 4.25. The second-order valence-electron chi connectivity index (χ2n) is 8.74. The van der Waals surface area contributed by atoms with Gasteiger partial charge in [-0.1, -0.05) is 36.0 Å². The van der Waals surface area contributed by atoms with Gasteiger partial charge in [-0.05, 0) is 40.3 Å². The van der Waals surface area contributed by atoms with Crippen molar-refractivity contribution < 1.29 is 9.42 Å². The first-order valence-corrected chi connectivity index (χ1v) is 10.7. The second kappa shape index (κ2) is 9.55. The van der Waals surface area contributed by atoms with Gasteiger partial charge in [-0.3, -0.25) is 9.59 Å². The number of nitrogens with zero attached hydrogens (tertiary/aromatic N) is 5. The normalized spacial score (nSPS) is 14.6. The van der Waals surface area contributed by atoms with E-state index < -0.39 is 0 Å². The number of hydrogen-bond donors (Lipinski definition) is 0. The number of likely N-dealkylation sites (N-methyl/N-ethyl adjacent to an activating group) is 1. The summed E-state index contributed by atoms with van der Waals surface area (Å²) in [6, 6.07) is 1.60. The van der Waals surface area contributed by atoms with Gasteiger partial charge in [0.2, 0.25) is 0 Å². The minimum Gasteiger partial charge on any atom is -0.347 e. The number of rotatable bonds is 8. The Morgan fingerprint density at radius 3 is 2.50 bits per heavy atom. The SMILES string of the molecule is Cc1nonc1CN(C)C(=O)c1c(CC2CCCC2)n(CCN(C)C)c(C)cc1=O. The van der Waals surface area contributed by atoms with Crippen molar-refractivity contribution in [2.45, 2.75) is 59.0 Å². The van der Waals surface area contributed by atoms with E-state index in [0.29, 0.717) is 22.9 Å². The van der Waals surface area contributed by atoms with Gasteiger partial charge in [0, 0.05) is 37.6 Å². The molecule has 0 atom stereocenters. The minimum atomic E-state index is -0.269. The zero-order valence-electron chi connectivity index (χ0n) is 18.8. The first-order chi connectivity index (χ1) is 14.3. The summed E-state index contributed by atoms with van der Waals surface area (Å²) in [5.74, 6) is 0.254. The van der Waals surface area contributed by atoms with Crippen molar-refractivity contribution in [3.8, 4) is 0 Å². The van der Waals surface area contributed by atoms with Crippen LogP contribution in [0.25, 0.3) is 0 Å². The van der Waals surface area contributed by atoms with Gasteiger partial charge in [-0.2, -0.15) is 0 Å². The molecule has 3 rings (SSSR count). The van der Waals surface area contributed by atoms with Gasteiger partial charge in [0.25, 0.3) is 5.91 Å². The largest absolute Gasteiger partial charge is 0.347 e. The molecule has 0 radical (unpaired) electrons. The average Bonchev–Trinajstić information content (AvgIpc) is 3.33. The van der Waals surface area contributed by atoms with Crippen LogP contribution in [0.5, 0.6) is 0 Å². The quantitative estimate of drug-likeness (QED) is 0.658. The molecule has 1 fully saturated rings. The molecule has 2 aromatic heterocycles. The summed E-state index contributed by atoms with van der Waals surface area (Å²) >= 11 is 0. The molecular weight excluding hydrogens is 382 g/mol. The van der Waals surface area contributed by atoms with Crippen LogP contribution < -0.4 is 5.43 Å². The van der Waals surface area contributed by atoms with E-state index in [1.54, 1.807) is 20.0 Å². The summed E-state index contributed by atoms with van der Waals surface area (Å²) in [5, 5.41) is 7.65. The number of pyridine rings is 1. The monoisotopic (exact) mass is 415 g/mol. The van der Waals surface area contributed by atoms with Crippen LogP contribution >= 0.6 is 0 Å². The summed E-state index contributed by atoms with van der Waals surface area (Å²) in [4.78, 5) is 30.1. The molecule has 1 aliphatic carbocycles. The van der Waals surface area contributed by atoms with E-state index in [9.17, 15) is 9.59 Å². The van der Waals surface area contributed by atoms with Crippen molar-refractivity contribution in [1.82, 2.24) is 24.7 Å². The van der Waals surface area contributed by atoms with Crippen molar-refractivity contribution in [1.29, 1.82) is 0 Å². The van der Waals surface area contributed by atoms with Crippen molar-refractivity contribution in [3.63, 3.8) is 0 Å². The van der Waals surface area contributed by atoms with Gasteiger partial charge in [0.05, 0.1) is 6.54 Å². The molecule has 30 heavy (non-hydrogen) atoms. The molecule has 8 heteroatoms. The Morgan fingerprint density at radius 2 is 1.90 bits per heavy atom. The lowest BCUT2D eigenvalue weighted by molar-refractivity contribution is 0.0777. The molecular formula is C22H33N5O3. The maximum Gasteiger partial charge on any atom is 0.259 e. The lowest BCUT2D eigenvalue weighted by Gasteiger charge is -2.25. The zero-order chi connectivity index (χ0) is 21.8. The van der Waals surface area contributed by atoms with Crippen LogP contribution in [-0.4, -0.2) is 58.3 Å². The van der Waals surface area contributed by atoms with Crippen LogP contribution in [-0.2, 0) is 19.5 Å². The van der Waals surface area contributed by atoms with Crippen molar-refractivity contribution >= 4 is 5.91 Å². The molecule has 0 N–H and O–H groups in total. The highest BCUT2D eigenvalue weighted by atomic mass is 16.6. The summed E-state index contributed by atoms with van der Waals surface area (Å²) < 4.78 is 6.92. The van der Waals surface area contributed by atoms with E-state index in [1.807, 2.05) is 21.0 Å². The predicted octanol–water partition coefficient (Wildman–Crippen LogP) is 2.41. The Hall–Kier alpha value is -2.48. The molecule has 0 saturated heterocycles. The Morgan fingerprint density at radius 1 is 1.20 bits per heavy atom. The smallest absolute Gasteiger partial charge is 0.259 e. The molecule has 1 aliphatic rings. The van der Waals surface area contributed by atoms with Gasteiger partial charge >= 0.3 is 0 Å². The third-order valence-corrected chi connectivity index (χ3v) is 6.05. The van der Waals surface area contributed by atoms with Gasteiger partial charge in [-0.25, -0.2) is 4.63 Å². The number of hydrogen-bond acceptors (Lipinski definition) is 6. The molecule has 0 spiro atoms. The Kier molecular flexibility index (Phi) is 7.07. The standard InChI is InChI=1S/C22H33N5O3/c1-15-12-20(28)21(22(29)26(5)14-18-16(2)23-30-24-18)19(13-17-8-6-7-9-17)27(15)11-10-25(3)4/h12,17H,6-11,13-14H2,1-5H3. The van der Waals surface area contributed by atoms with Gasteiger partial charge < -0.3 is 14.4 Å². The highest BCUT2D eigenvalue weighted by Crippen LogP contribution is 2.29. The number of aromatic nitrogens is 3. The number of aryl methyl sites for hydroxylation is 2. The van der Waals surface area contributed by atoms with Crippen LogP contribution in [0.1, 0.15) is 58.8 Å². The van der Waals surface area contributed by atoms with Crippen molar-refractivity contribution in [2.75, 3.05) is 27.7 Å². The minimum absolute atomic E-state index is 0.201. The van der Waals surface area contributed by atoms with Crippen molar-refractivity contribution in [2.24, 2.45) is 5.92 Å². The van der Waals surface area contributed by atoms with Crippen LogP contribution in [0.4, 0.5) is 0 Å². The zero-order valence-corrected chi connectivity index (χ0v) is 18.8. The Balaban J connectivity index is 1.99. The van der Waals surface area contributed by atoms with Crippen LogP contribution in [0, 0.1) is 19.8 Å². The van der Waals surface area contributed by atoms with Crippen LogP contribution in [0.2, 0.25) is 0 Å². The van der Waals surface area contributed by atoms with E-state index in [1.165, 1.54) is 17.7 Å². The summed E-state index contributed by atoms with van der Waals surface area (Å²) in [7, 11) is 5.75. The topological polar surface area (TPSA) is 84.5 Å². The molecule has 0 bridgehead atoms. The lowest BCUT2D eigenvalue weighted by atomic mass is 9.96. The lowest BCUT2D eigenvalue weighted by Crippen LogP contribution is -2.35. The molecule has 1 saturated carbocycles. The predicted molar refractivity (Wildman–Crippen MR) is 114 cm³/mol. The molecule has 1 amide bonds. The van der Waals surface area contributed by atoms with Gasteiger partial charge in [-0.15, -0.1) is 0 Å². The van der Waals surface area contributed by atoms with E-state index >= 15 is 0 Å². The third-order valence-electron chi connectivity index (χ3n) is 6.05. The maximum atomic E-state index is 13.4. The highest BCUT2D eigenvalue weighted by Gasteiger charge is 2.27. The summed E-state index contributed by atoms with van der Waals surface area (Å²) in [6.07, 6.45) is 5.52. The number of amides is 1. The first kappa shape index (κ1) is 22.2. The molecule has 0 aliphatic heterocycles. The molecule has 164 valence electrons. The Bertz CT molecular complexity index is 941. The maximum absolute atomic E-state index is 13.4. The van der Waals surface area contributed by atoms with Crippen LogP contribution in [0.3, 0.4) is 0 Å². The van der Waals surface area contributed by atoms with E-state index in [2.05, 4.69) is 19.8 Å².